The van der Waals surface area contributed by atoms with Crippen molar-refractivity contribution in [2.75, 3.05) is 6.54 Å². The SMILES string of the molecule is CCCNC(C)c1nc(C2CC2(C)C)no1. The molecule has 1 aliphatic rings. The highest BCUT2D eigenvalue weighted by Gasteiger charge is 2.49. The van der Waals surface area contributed by atoms with E-state index in [9.17, 15) is 0 Å². The van der Waals surface area contributed by atoms with E-state index in [1.54, 1.807) is 0 Å². The first-order valence-corrected chi connectivity index (χ1v) is 6.11. The monoisotopic (exact) mass is 223 g/mol. The smallest absolute Gasteiger partial charge is 0.243 e. The summed E-state index contributed by atoms with van der Waals surface area (Å²) in [6.45, 7) is 9.67. The molecule has 1 aromatic heterocycles. The highest BCUT2D eigenvalue weighted by Crippen LogP contribution is 2.57. The highest BCUT2D eigenvalue weighted by atomic mass is 16.5. The number of nitrogens with zero attached hydrogens (tertiary/aromatic N) is 2. The zero-order valence-corrected chi connectivity index (χ0v) is 10.6. The molecule has 2 unspecified atom stereocenters. The van der Waals surface area contributed by atoms with Crippen molar-refractivity contribution in [3.63, 3.8) is 0 Å². The van der Waals surface area contributed by atoms with E-state index in [-0.39, 0.29) is 6.04 Å². The van der Waals surface area contributed by atoms with Crippen molar-refractivity contribution in [2.24, 2.45) is 5.41 Å². The van der Waals surface area contributed by atoms with Crippen molar-refractivity contribution in [3.8, 4) is 0 Å². The van der Waals surface area contributed by atoms with Gasteiger partial charge in [0, 0.05) is 5.92 Å². The molecule has 4 heteroatoms. The van der Waals surface area contributed by atoms with Gasteiger partial charge in [0.25, 0.3) is 0 Å². The Kier molecular flexibility index (Phi) is 3.02. The van der Waals surface area contributed by atoms with E-state index in [0.29, 0.717) is 17.2 Å². The number of rotatable bonds is 5. The Hall–Kier alpha value is -0.900. The van der Waals surface area contributed by atoms with E-state index < -0.39 is 0 Å². The zero-order chi connectivity index (χ0) is 11.8. The van der Waals surface area contributed by atoms with Crippen molar-refractivity contribution in [3.05, 3.63) is 11.7 Å². The lowest BCUT2D eigenvalue weighted by atomic mass is 10.1. The summed E-state index contributed by atoms with van der Waals surface area (Å²) >= 11 is 0. The first-order chi connectivity index (χ1) is 7.54. The summed E-state index contributed by atoms with van der Waals surface area (Å²) in [6, 6.07) is 0.156. The van der Waals surface area contributed by atoms with Crippen molar-refractivity contribution in [1.82, 2.24) is 15.5 Å². The van der Waals surface area contributed by atoms with Gasteiger partial charge < -0.3 is 9.84 Å². The molecule has 0 amide bonds. The molecule has 1 saturated carbocycles. The Morgan fingerprint density at radius 3 is 2.81 bits per heavy atom. The van der Waals surface area contributed by atoms with Gasteiger partial charge in [-0.1, -0.05) is 25.9 Å². The molecule has 0 saturated heterocycles. The number of aromatic nitrogens is 2. The molecular weight excluding hydrogens is 202 g/mol. The van der Waals surface area contributed by atoms with Crippen LogP contribution in [0.15, 0.2) is 4.52 Å². The van der Waals surface area contributed by atoms with Crippen LogP contribution in [0.25, 0.3) is 0 Å². The lowest BCUT2D eigenvalue weighted by Crippen LogP contribution is -2.19. The molecule has 90 valence electrons. The lowest BCUT2D eigenvalue weighted by molar-refractivity contribution is 0.336. The van der Waals surface area contributed by atoms with Gasteiger partial charge in [0.05, 0.1) is 6.04 Å². The van der Waals surface area contributed by atoms with Crippen LogP contribution in [0.1, 0.15) is 64.2 Å². The average Bonchev–Trinajstić information content (AvgIpc) is 2.67. The molecule has 0 aliphatic heterocycles. The fraction of sp³-hybridized carbons (Fsp3) is 0.833. The number of hydrogen-bond donors (Lipinski definition) is 1. The Morgan fingerprint density at radius 2 is 2.25 bits per heavy atom. The van der Waals surface area contributed by atoms with Gasteiger partial charge >= 0.3 is 0 Å². The third-order valence-electron chi connectivity index (χ3n) is 3.35. The topological polar surface area (TPSA) is 51.0 Å². The zero-order valence-electron chi connectivity index (χ0n) is 10.6. The lowest BCUT2D eigenvalue weighted by Gasteiger charge is -2.06. The van der Waals surface area contributed by atoms with E-state index in [2.05, 4.69) is 43.2 Å². The molecule has 16 heavy (non-hydrogen) atoms. The highest BCUT2D eigenvalue weighted by molar-refractivity contribution is 5.14. The van der Waals surface area contributed by atoms with Crippen LogP contribution in [0.4, 0.5) is 0 Å². The summed E-state index contributed by atoms with van der Waals surface area (Å²) in [5, 5.41) is 7.42. The Labute approximate surface area is 96.8 Å². The van der Waals surface area contributed by atoms with Crippen LogP contribution in [-0.2, 0) is 0 Å². The quantitative estimate of drug-likeness (QED) is 0.833. The van der Waals surface area contributed by atoms with Gasteiger partial charge in [0.2, 0.25) is 5.89 Å². The molecule has 2 atom stereocenters. The van der Waals surface area contributed by atoms with Gasteiger partial charge in [-0.2, -0.15) is 4.98 Å². The molecule has 0 radical (unpaired) electrons. The second kappa shape index (κ2) is 4.17. The van der Waals surface area contributed by atoms with Crippen LogP contribution in [0.5, 0.6) is 0 Å². The van der Waals surface area contributed by atoms with Crippen LogP contribution in [0, 0.1) is 5.41 Å². The summed E-state index contributed by atoms with van der Waals surface area (Å²) < 4.78 is 5.29. The number of nitrogens with one attached hydrogen (secondary N) is 1. The molecular formula is C12H21N3O. The van der Waals surface area contributed by atoms with Crippen molar-refractivity contribution < 1.29 is 4.52 Å². The van der Waals surface area contributed by atoms with E-state index >= 15 is 0 Å². The standard InChI is InChI=1S/C12H21N3O/c1-5-6-13-8(2)11-14-10(15-16-11)9-7-12(9,3)4/h8-9,13H,5-7H2,1-4H3. The second-order valence-corrected chi connectivity index (χ2v) is 5.41. The molecule has 1 aromatic rings. The van der Waals surface area contributed by atoms with E-state index in [4.69, 9.17) is 4.52 Å². The average molecular weight is 223 g/mol. The van der Waals surface area contributed by atoms with Gasteiger partial charge in [-0.25, -0.2) is 0 Å². The molecule has 4 nitrogen and oxygen atoms in total. The minimum Gasteiger partial charge on any atom is -0.338 e. The van der Waals surface area contributed by atoms with Crippen LogP contribution in [0.2, 0.25) is 0 Å². The molecule has 0 bridgehead atoms. The Balaban J connectivity index is 1.97. The molecule has 0 spiro atoms. The van der Waals surface area contributed by atoms with E-state index in [1.807, 2.05) is 0 Å². The Bertz CT molecular complexity index is 359. The fourth-order valence-electron chi connectivity index (χ4n) is 1.92. The van der Waals surface area contributed by atoms with Crippen molar-refractivity contribution in [2.45, 2.75) is 52.5 Å². The summed E-state index contributed by atoms with van der Waals surface area (Å²) in [6.07, 6.45) is 2.28. The maximum Gasteiger partial charge on any atom is 0.243 e. The van der Waals surface area contributed by atoms with E-state index in [0.717, 1.165) is 18.8 Å². The summed E-state index contributed by atoms with van der Waals surface area (Å²) in [5.41, 5.74) is 0.362. The largest absolute Gasteiger partial charge is 0.338 e. The van der Waals surface area contributed by atoms with Crippen LogP contribution in [0.3, 0.4) is 0 Å². The molecule has 1 heterocycles. The van der Waals surface area contributed by atoms with Crippen LogP contribution < -0.4 is 5.32 Å². The van der Waals surface area contributed by atoms with Crippen molar-refractivity contribution in [1.29, 1.82) is 0 Å². The molecule has 1 fully saturated rings. The van der Waals surface area contributed by atoms with Gasteiger partial charge in [-0.3, -0.25) is 0 Å². The van der Waals surface area contributed by atoms with E-state index in [1.165, 1.54) is 6.42 Å². The van der Waals surface area contributed by atoms with Gasteiger partial charge in [0.1, 0.15) is 0 Å². The maximum absolute atomic E-state index is 5.29. The third kappa shape index (κ3) is 2.26. The fourth-order valence-corrected chi connectivity index (χ4v) is 1.92. The molecule has 2 rings (SSSR count). The van der Waals surface area contributed by atoms with Crippen LogP contribution in [-0.4, -0.2) is 16.7 Å². The minimum atomic E-state index is 0.156. The maximum atomic E-state index is 5.29. The van der Waals surface area contributed by atoms with Gasteiger partial charge in [0.15, 0.2) is 5.82 Å². The Morgan fingerprint density at radius 1 is 1.56 bits per heavy atom. The first-order valence-electron chi connectivity index (χ1n) is 6.11. The molecule has 0 aromatic carbocycles. The van der Waals surface area contributed by atoms with Gasteiger partial charge in [-0.05, 0) is 31.7 Å². The summed E-state index contributed by atoms with van der Waals surface area (Å²) in [7, 11) is 0. The normalized spacial score (nSPS) is 24.4. The molecule has 1 aliphatic carbocycles. The first kappa shape index (κ1) is 11.6. The second-order valence-electron chi connectivity index (χ2n) is 5.41. The minimum absolute atomic E-state index is 0.156. The summed E-state index contributed by atoms with van der Waals surface area (Å²) in [4.78, 5) is 4.48. The van der Waals surface area contributed by atoms with Crippen LogP contribution >= 0.6 is 0 Å². The predicted octanol–water partition coefficient (Wildman–Crippen LogP) is 2.64. The third-order valence-corrected chi connectivity index (χ3v) is 3.35. The summed E-state index contributed by atoms with van der Waals surface area (Å²) in [5.74, 6) is 2.08. The van der Waals surface area contributed by atoms with Gasteiger partial charge in [-0.15, -0.1) is 0 Å². The predicted molar refractivity (Wildman–Crippen MR) is 62.1 cm³/mol. The number of hydrogen-bond acceptors (Lipinski definition) is 4. The van der Waals surface area contributed by atoms with Crippen molar-refractivity contribution >= 4 is 0 Å². The molecule has 1 N–H and O–H groups in total.